The number of rotatable bonds is 7. The third-order valence-electron chi connectivity index (χ3n) is 5.85. The summed E-state index contributed by atoms with van der Waals surface area (Å²) in [5.74, 6) is -0.234. The molecule has 0 heterocycles. The Balaban J connectivity index is 1.61. The second-order valence-electron chi connectivity index (χ2n) is 10.1. The largest absolute Gasteiger partial charge is 0.444 e. The molecule has 0 aliphatic heterocycles. The first kappa shape index (κ1) is 26.1. The van der Waals surface area contributed by atoms with Crippen LogP contribution in [0.2, 0.25) is 0 Å². The van der Waals surface area contributed by atoms with Gasteiger partial charge in [0, 0.05) is 25.8 Å². The molecule has 0 radical (unpaired) electrons. The van der Waals surface area contributed by atoms with E-state index in [0.717, 1.165) is 24.0 Å². The molecule has 35 heavy (non-hydrogen) atoms. The van der Waals surface area contributed by atoms with Crippen molar-refractivity contribution in [1.29, 1.82) is 0 Å². The van der Waals surface area contributed by atoms with Crippen molar-refractivity contribution in [2.45, 2.75) is 70.7 Å². The average Bonchev–Trinajstić information content (AvgIpc) is 3.27. The molecular weight excluding hydrogens is 444 g/mol. The van der Waals surface area contributed by atoms with Crippen molar-refractivity contribution in [2.75, 3.05) is 12.4 Å². The van der Waals surface area contributed by atoms with Gasteiger partial charge in [-0.25, -0.2) is 9.59 Å². The topological polar surface area (TPSA) is 99.8 Å². The normalized spacial score (nSPS) is 14.6. The zero-order valence-electron chi connectivity index (χ0n) is 21.0. The summed E-state index contributed by atoms with van der Waals surface area (Å²) >= 11 is 0. The molecule has 2 aromatic rings. The van der Waals surface area contributed by atoms with Crippen LogP contribution in [0.5, 0.6) is 0 Å². The number of amides is 4. The number of ether oxygens (including phenoxy) is 1. The highest BCUT2D eigenvalue weighted by Crippen LogP contribution is 2.31. The molecule has 0 bridgehead atoms. The van der Waals surface area contributed by atoms with E-state index >= 15 is 0 Å². The standard InChI is InChI=1S/C27H36N4O4/c1-26(2,3)35-25(34)31(4)19-21-13-10-14-22(17-21)29-23(32)27(15-8-9-16-27)30-24(33)28-18-20-11-6-5-7-12-20/h5-7,10-14,17H,8-9,15-16,18-19H2,1-4H3,(H,29,32)(H2,28,30,33). The smallest absolute Gasteiger partial charge is 0.410 e. The summed E-state index contributed by atoms with van der Waals surface area (Å²) in [4.78, 5) is 39.7. The lowest BCUT2D eigenvalue weighted by molar-refractivity contribution is -0.121. The van der Waals surface area contributed by atoms with Crippen LogP contribution in [0.15, 0.2) is 54.6 Å². The lowest BCUT2D eigenvalue weighted by Gasteiger charge is -2.29. The van der Waals surface area contributed by atoms with Gasteiger partial charge in [0.15, 0.2) is 0 Å². The Bertz CT molecular complexity index is 1030. The van der Waals surface area contributed by atoms with Crippen molar-refractivity contribution < 1.29 is 19.1 Å². The molecule has 0 atom stereocenters. The van der Waals surface area contributed by atoms with E-state index in [4.69, 9.17) is 4.74 Å². The summed E-state index contributed by atoms with van der Waals surface area (Å²) in [7, 11) is 1.67. The molecule has 1 aliphatic rings. The Morgan fingerprint density at radius 2 is 1.63 bits per heavy atom. The number of anilines is 1. The monoisotopic (exact) mass is 480 g/mol. The molecule has 3 N–H and O–H groups in total. The maximum Gasteiger partial charge on any atom is 0.410 e. The SMILES string of the molecule is CN(Cc1cccc(NC(=O)C2(NC(=O)NCc3ccccc3)CCCC2)c1)C(=O)OC(C)(C)C. The van der Waals surface area contributed by atoms with Crippen molar-refractivity contribution in [1.82, 2.24) is 15.5 Å². The van der Waals surface area contributed by atoms with E-state index in [1.54, 1.807) is 13.1 Å². The number of carbonyl (C=O) groups excluding carboxylic acids is 3. The fourth-order valence-electron chi connectivity index (χ4n) is 4.10. The molecule has 0 aromatic heterocycles. The van der Waals surface area contributed by atoms with Gasteiger partial charge >= 0.3 is 12.1 Å². The summed E-state index contributed by atoms with van der Waals surface area (Å²) in [5, 5.41) is 8.75. The highest BCUT2D eigenvalue weighted by atomic mass is 16.6. The number of carbonyl (C=O) groups is 3. The van der Waals surface area contributed by atoms with Crippen LogP contribution in [-0.2, 0) is 22.6 Å². The second kappa shape index (κ2) is 11.3. The van der Waals surface area contributed by atoms with E-state index in [1.807, 2.05) is 69.3 Å². The van der Waals surface area contributed by atoms with Crippen molar-refractivity contribution in [3.05, 3.63) is 65.7 Å². The Hall–Kier alpha value is -3.55. The van der Waals surface area contributed by atoms with E-state index in [2.05, 4.69) is 16.0 Å². The Morgan fingerprint density at radius 3 is 2.29 bits per heavy atom. The van der Waals surface area contributed by atoms with E-state index in [0.29, 0.717) is 31.6 Å². The van der Waals surface area contributed by atoms with Crippen LogP contribution < -0.4 is 16.0 Å². The quantitative estimate of drug-likeness (QED) is 0.530. The van der Waals surface area contributed by atoms with Gasteiger partial charge in [-0.2, -0.15) is 0 Å². The van der Waals surface area contributed by atoms with Gasteiger partial charge in [0.1, 0.15) is 11.1 Å². The Kier molecular flexibility index (Phi) is 8.38. The minimum Gasteiger partial charge on any atom is -0.444 e. The van der Waals surface area contributed by atoms with Crippen molar-refractivity contribution in [2.24, 2.45) is 0 Å². The van der Waals surface area contributed by atoms with Gasteiger partial charge in [0.2, 0.25) is 5.91 Å². The molecule has 2 aromatic carbocycles. The fourth-order valence-corrected chi connectivity index (χ4v) is 4.10. The zero-order valence-corrected chi connectivity index (χ0v) is 21.0. The predicted molar refractivity (Wildman–Crippen MR) is 136 cm³/mol. The van der Waals surface area contributed by atoms with Gasteiger partial charge in [-0.05, 0) is 56.9 Å². The van der Waals surface area contributed by atoms with E-state index < -0.39 is 17.2 Å². The van der Waals surface area contributed by atoms with Gasteiger partial charge in [-0.1, -0.05) is 55.3 Å². The lowest BCUT2D eigenvalue weighted by atomic mass is 9.96. The first-order chi connectivity index (χ1) is 16.6. The van der Waals surface area contributed by atoms with Crippen LogP contribution in [0.3, 0.4) is 0 Å². The average molecular weight is 481 g/mol. The first-order valence-corrected chi connectivity index (χ1v) is 12.0. The van der Waals surface area contributed by atoms with Crippen LogP contribution in [0.25, 0.3) is 0 Å². The minimum absolute atomic E-state index is 0.234. The number of benzene rings is 2. The van der Waals surface area contributed by atoms with Crippen LogP contribution in [0.4, 0.5) is 15.3 Å². The number of nitrogens with zero attached hydrogens (tertiary/aromatic N) is 1. The highest BCUT2D eigenvalue weighted by Gasteiger charge is 2.42. The van der Waals surface area contributed by atoms with Crippen LogP contribution in [-0.4, -0.2) is 41.1 Å². The third kappa shape index (κ3) is 7.73. The number of nitrogens with one attached hydrogen (secondary N) is 3. The maximum atomic E-state index is 13.3. The molecule has 1 aliphatic carbocycles. The Labute approximate surface area is 207 Å². The number of urea groups is 1. The molecule has 188 valence electrons. The summed E-state index contributed by atoms with van der Waals surface area (Å²) < 4.78 is 5.40. The zero-order chi connectivity index (χ0) is 25.5. The summed E-state index contributed by atoms with van der Waals surface area (Å²) in [6.45, 7) is 6.19. The van der Waals surface area contributed by atoms with E-state index in [9.17, 15) is 14.4 Å². The molecule has 1 fully saturated rings. The minimum atomic E-state index is -0.954. The van der Waals surface area contributed by atoms with Crippen molar-refractivity contribution >= 4 is 23.7 Å². The third-order valence-corrected chi connectivity index (χ3v) is 5.85. The molecule has 4 amide bonds. The van der Waals surface area contributed by atoms with Gasteiger partial charge < -0.3 is 25.6 Å². The fraction of sp³-hybridized carbons (Fsp3) is 0.444. The predicted octanol–water partition coefficient (Wildman–Crippen LogP) is 4.80. The van der Waals surface area contributed by atoms with Gasteiger partial charge in [-0.15, -0.1) is 0 Å². The van der Waals surface area contributed by atoms with Crippen molar-refractivity contribution in [3.8, 4) is 0 Å². The van der Waals surface area contributed by atoms with E-state index in [1.165, 1.54) is 4.90 Å². The maximum absolute atomic E-state index is 13.3. The molecule has 0 unspecified atom stereocenters. The Morgan fingerprint density at radius 1 is 0.971 bits per heavy atom. The highest BCUT2D eigenvalue weighted by molar-refractivity contribution is 6.00. The van der Waals surface area contributed by atoms with Crippen molar-refractivity contribution in [3.63, 3.8) is 0 Å². The molecular formula is C27H36N4O4. The van der Waals surface area contributed by atoms with Gasteiger partial charge in [0.05, 0.1) is 0 Å². The van der Waals surface area contributed by atoms with Crippen LogP contribution in [0, 0.1) is 0 Å². The first-order valence-electron chi connectivity index (χ1n) is 12.0. The summed E-state index contributed by atoms with van der Waals surface area (Å²) in [6, 6.07) is 16.6. The van der Waals surface area contributed by atoms with Crippen LogP contribution in [0.1, 0.15) is 57.6 Å². The molecule has 3 rings (SSSR count). The van der Waals surface area contributed by atoms with Crippen LogP contribution >= 0.6 is 0 Å². The molecule has 1 saturated carbocycles. The second-order valence-corrected chi connectivity index (χ2v) is 10.1. The summed E-state index contributed by atoms with van der Waals surface area (Å²) in [5.41, 5.74) is 0.926. The number of hydrogen-bond donors (Lipinski definition) is 3. The lowest BCUT2D eigenvalue weighted by Crippen LogP contribution is -2.57. The molecule has 8 heteroatoms. The summed E-state index contributed by atoms with van der Waals surface area (Å²) in [6.07, 6.45) is 2.49. The molecule has 8 nitrogen and oxygen atoms in total. The number of hydrogen-bond acceptors (Lipinski definition) is 4. The molecule has 0 spiro atoms. The van der Waals surface area contributed by atoms with Gasteiger partial charge in [-0.3, -0.25) is 4.79 Å². The van der Waals surface area contributed by atoms with Gasteiger partial charge in [0.25, 0.3) is 0 Å². The molecule has 0 saturated heterocycles. The van der Waals surface area contributed by atoms with E-state index in [-0.39, 0.29) is 11.9 Å².